The fourth-order valence-electron chi connectivity index (χ4n) is 2.97. The lowest BCUT2D eigenvalue weighted by Crippen LogP contribution is -2.56. The van der Waals surface area contributed by atoms with Crippen LogP contribution in [0.4, 0.5) is 4.79 Å². The normalized spacial score (nSPS) is 33.2. The fourth-order valence-corrected chi connectivity index (χ4v) is 2.97. The molecule has 0 bridgehead atoms. The maximum atomic E-state index is 12.1. The summed E-state index contributed by atoms with van der Waals surface area (Å²) in [4.78, 5) is 25.1. The van der Waals surface area contributed by atoms with Gasteiger partial charge in [0, 0.05) is 13.2 Å². The molecule has 0 spiro atoms. The van der Waals surface area contributed by atoms with E-state index in [1.54, 1.807) is 20.8 Å². The van der Waals surface area contributed by atoms with Crippen LogP contribution in [-0.4, -0.2) is 64.7 Å². The summed E-state index contributed by atoms with van der Waals surface area (Å²) >= 11 is 0. The number of hydrogen-bond acceptors (Lipinski definition) is 5. The molecule has 0 aliphatic carbocycles. The highest BCUT2D eigenvalue weighted by Crippen LogP contribution is 2.45. The zero-order valence-corrected chi connectivity index (χ0v) is 12.7. The van der Waals surface area contributed by atoms with Crippen LogP contribution in [-0.2, 0) is 14.3 Å². The molecule has 2 fully saturated rings. The van der Waals surface area contributed by atoms with Crippen molar-refractivity contribution in [3.63, 3.8) is 0 Å². The molecular formula is C14H23NO6. The van der Waals surface area contributed by atoms with Crippen molar-refractivity contribution in [1.29, 1.82) is 0 Å². The number of likely N-dealkylation sites (tertiary alicyclic amines) is 1. The summed E-state index contributed by atoms with van der Waals surface area (Å²) in [5.41, 5.74) is -3.45. The highest BCUT2D eigenvalue weighted by molar-refractivity contribution is 5.78. The quantitative estimate of drug-likeness (QED) is 0.785. The number of carboxylic acids is 1. The van der Waals surface area contributed by atoms with Crippen molar-refractivity contribution in [2.45, 2.75) is 44.8 Å². The minimum atomic E-state index is -1.48. The number of amides is 1. The Hall–Kier alpha value is -1.34. The van der Waals surface area contributed by atoms with Gasteiger partial charge in [0.25, 0.3) is 0 Å². The Labute approximate surface area is 123 Å². The third-order valence-corrected chi connectivity index (χ3v) is 4.22. The Kier molecular flexibility index (Phi) is 3.92. The van der Waals surface area contributed by atoms with Crippen LogP contribution in [0.5, 0.6) is 0 Å². The summed E-state index contributed by atoms with van der Waals surface area (Å²) < 4.78 is 10.5. The number of carbonyl (C=O) groups excluding carboxylic acids is 1. The number of β-amino-alcohol motifs (C(OH)–C–C–N with tert-alkyl or cyclic N) is 1. The van der Waals surface area contributed by atoms with Gasteiger partial charge in [-0.05, 0) is 33.6 Å². The van der Waals surface area contributed by atoms with Crippen LogP contribution in [0.2, 0.25) is 0 Å². The van der Waals surface area contributed by atoms with Gasteiger partial charge in [0.05, 0.1) is 13.2 Å². The number of rotatable bonds is 2. The van der Waals surface area contributed by atoms with E-state index in [1.807, 2.05) is 0 Å². The van der Waals surface area contributed by atoms with Gasteiger partial charge in [-0.25, -0.2) is 4.79 Å². The van der Waals surface area contributed by atoms with Crippen LogP contribution in [0, 0.1) is 5.41 Å². The Balaban J connectivity index is 2.13. The molecule has 2 atom stereocenters. The second kappa shape index (κ2) is 5.14. The molecule has 2 N–H and O–H groups in total. The number of aliphatic carboxylic acids is 1. The fraction of sp³-hybridized carbons (Fsp3) is 0.857. The molecule has 1 amide bonds. The van der Waals surface area contributed by atoms with Crippen molar-refractivity contribution in [2.75, 3.05) is 26.3 Å². The first-order chi connectivity index (χ1) is 9.60. The first kappa shape index (κ1) is 16.0. The molecule has 2 saturated heterocycles. The van der Waals surface area contributed by atoms with Crippen LogP contribution in [0.1, 0.15) is 33.6 Å². The molecule has 21 heavy (non-hydrogen) atoms. The molecular weight excluding hydrogens is 278 g/mol. The molecule has 2 rings (SSSR count). The number of carboxylic acid groups (broad SMARTS) is 1. The van der Waals surface area contributed by atoms with Gasteiger partial charge in [-0.15, -0.1) is 0 Å². The third kappa shape index (κ3) is 2.85. The van der Waals surface area contributed by atoms with Crippen molar-refractivity contribution in [3.8, 4) is 0 Å². The molecule has 0 aromatic heterocycles. The number of aliphatic hydroxyl groups is 1. The van der Waals surface area contributed by atoms with Gasteiger partial charge < -0.3 is 24.6 Å². The Bertz CT molecular complexity index is 437. The Morgan fingerprint density at radius 2 is 1.95 bits per heavy atom. The highest BCUT2D eigenvalue weighted by Gasteiger charge is 2.61. The van der Waals surface area contributed by atoms with E-state index >= 15 is 0 Å². The second-order valence-corrected chi connectivity index (χ2v) is 6.87. The van der Waals surface area contributed by atoms with Crippen LogP contribution >= 0.6 is 0 Å². The summed E-state index contributed by atoms with van der Waals surface area (Å²) in [5, 5.41) is 20.3. The molecule has 2 unspecified atom stereocenters. The average Bonchev–Trinajstić information content (AvgIpc) is 2.94. The lowest BCUT2D eigenvalue weighted by molar-refractivity contribution is -0.168. The van der Waals surface area contributed by atoms with Gasteiger partial charge in [0.15, 0.2) is 0 Å². The molecule has 7 nitrogen and oxygen atoms in total. The second-order valence-electron chi connectivity index (χ2n) is 6.87. The molecule has 2 aliphatic heterocycles. The molecule has 2 aliphatic rings. The van der Waals surface area contributed by atoms with E-state index < -0.39 is 28.7 Å². The standard InChI is InChI=1S/C14H23NO6/c1-12(2,3)21-11(18)15-6-4-14(19,8-15)13(10(16)17)5-7-20-9-13/h19H,4-9H2,1-3H3,(H,16,17). The van der Waals surface area contributed by atoms with E-state index in [1.165, 1.54) is 4.90 Å². The summed E-state index contributed by atoms with van der Waals surface area (Å²) in [5.74, 6) is -1.08. The topological polar surface area (TPSA) is 96.3 Å². The monoisotopic (exact) mass is 301 g/mol. The smallest absolute Gasteiger partial charge is 0.410 e. The van der Waals surface area contributed by atoms with E-state index in [0.29, 0.717) is 6.61 Å². The number of nitrogens with zero attached hydrogens (tertiary/aromatic N) is 1. The van der Waals surface area contributed by atoms with Gasteiger partial charge in [-0.1, -0.05) is 0 Å². The van der Waals surface area contributed by atoms with E-state index in [2.05, 4.69) is 0 Å². The van der Waals surface area contributed by atoms with Crippen molar-refractivity contribution >= 4 is 12.1 Å². The van der Waals surface area contributed by atoms with Gasteiger partial charge >= 0.3 is 12.1 Å². The number of ether oxygens (including phenoxy) is 2. The van der Waals surface area contributed by atoms with E-state index in [-0.39, 0.29) is 32.5 Å². The summed E-state index contributed by atoms with van der Waals surface area (Å²) in [7, 11) is 0. The first-order valence-corrected chi connectivity index (χ1v) is 7.11. The van der Waals surface area contributed by atoms with Crippen LogP contribution in [0.25, 0.3) is 0 Å². The van der Waals surface area contributed by atoms with Crippen molar-refractivity contribution in [2.24, 2.45) is 5.41 Å². The minimum absolute atomic E-state index is 0.0268. The van der Waals surface area contributed by atoms with Gasteiger partial charge in [-0.2, -0.15) is 0 Å². The first-order valence-electron chi connectivity index (χ1n) is 7.11. The van der Waals surface area contributed by atoms with Gasteiger partial charge in [0.2, 0.25) is 0 Å². The SMILES string of the molecule is CC(C)(C)OC(=O)N1CCC(O)(C2(C(=O)O)CCOC2)C1. The molecule has 0 radical (unpaired) electrons. The van der Waals surface area contributed by atoms with E-state index in [9.17, 15) is 19.8 Å². The maximum absolute atomic E-state index is 12.1. The molecule has 7 heteroatoms. The molecule has 120 valence electrons. The van der Waals surface area contributed by atoms with Crippen LogP contribution in [0.3, 0.4) is 0 Å². The predicted molar refractivity (Wildman–Crippen MR) is 72.9 cm³/mol. The highest BCUT2D eigenvalue weighted by atomic mass is 16.6. The number of hydrogen-bond donors (Lipinski definition) is 2. The molecule has 0 saturated carbocycles. The van der Waals surface area contributed by atoms with Crippen molar-refractivity contribution in [3.05, 3.63) is 0 Å². The lowest BCUT2D eigenvalue weighted by Gasteiger charge is -2.37. The van der Waals surface area contributed by atoms with Crippen LogP contribution in [0.15, 0.2) is 0 Å². The zero-order chi connectivity index (χ0) is 15.9. The average molecular weight is 301 g/mol. The summed E-state index contributed by atoms with van der Waals surface area (Å²) in [6.45, 7) is 5.80. The lowest BCUT2D eigenvalue weighted by atomic mass is 9.70. The maximum Gasteiger partial charge on any atom is 0.410 e. The van der Waals surface area contributed by atoms with Gasteiger partial charge in [-0.3, -0.25) is 4.79 Å². The van der Waals surface area contributed by atoms with E-state index in [4.69, 9.17) is 9.47 Å². The third-order valence-electron chi connectivity index (χ3n) is 4.22. The molecule has 2 heterocycles. The van der Waals surface area contributed by atoms with Crippen molar-refractivity contribution < 1.29 is 29.3 Å². The van der Waals surface area contributed by atoms with Crippen LogP contribution < -0.4 is 0 Å². The minimum Gasteiger partial charge on any atom is -0.481 e. The van der Waals surface area contributed by atoms with Gasteiger partial charge in [0.1, 0.15) is 16.6 Å². The summed E-state index contributed by atoms with van der Waals surface area (Å²) in [6.07, 6.45) is -0.0685. The molecule has 0 aromatic carbocycles. The largest absolute Gasteiger partial charge is 0.481 e. The molecule has 0 aromatic rings. The zero-order valence-electron chi connectivity index (χ0n) is 12.7. The Morgan fingerprint density at radius 3 is 2.43 bits per heavy atom. The Morgan fingerprint density at radius 1 is 1.29 bits per heavy atom. The number of carbonyl (C=O) groups is 2. The van der Waals surface area contributed by atoms with Crippen molar-refractivity contribution in [1.82, 2.24) is 4.90 Å². The predicted octanol–water partition coefficient (Wildman–Crippen LogP) is 0.850. The van der Waals surface area contributed by atoms with E-state index in [0.717, 1.165) is 0 Å². The summed E-state index contributed by atoms with van der Waals surface area (Å²) in [6, 6.07) is 0.